The van der Waals surface area contributed by atoms with Gasteiger partial charge in [0, 0.05) is 5.54 Å². The summed E-state index contributed by atoms with van der Waals surface area (Å²) in [4.78, 5) is 0. The fraction of sp³-hybridized carbons (Fsp3) is 1.00. The first-order valence-corrected chi connectivity index (χ1v) is 4.14. The highest BCUT2D eigenvalue weighted by molar-refractivity contribution is 5.05. The molecule has 2 N–H and O–H groups in total. The molecule has 0 amide bonds. The van der Waals surface area contributed by atoms with Gasteiger partial charge in [0.25, 0.3) is 0 Å². The molecular formula is C8H14FN. The summed E-state index contributed by atoms with van der Waals surface area (Å²) in [5, 5.41) is 0. The SMILES string of the molecule is NC1(C(F)CC2CC2)CC1. The molecule has 1 unspecified atom stereocenters. The van der Waals surface area contributed by atoms with Gasteiger partial charge in [-0.3, -0.25) is 0 Å². The van der Waals surface area contributed by atoms with Crippen LogP contribution in [0.4, 0.5) is 4.39 Å². The summed E-state index contributed by atoms with van der Waals surface area (Å²) in [5.74, 6) is 0.677. The van der Waals surface area contributed by atoms with E-state index in [1.807, 2.05) is 0 Å². The van der Waals surface area contributed by atoms with Crippen molar-refractivity contribution < 1.29 is 4.39 Å². The smallest absolute Gasteiger partial charge is 0.118 e. The minimum Gasteiger partial charge on any atom is -0.323 e. The Bertz CT molecular complexity index is 138. The maximum Gasteiger partial charge on any atom is 0.118 e. The first kappa shape index (κ1) is 6.59. The molecule has 0 heterocycles. The summed E-state index contributed by atoms with van der Waals surface area (Å²) in [7, 11) is 0. The average molecular weight is 143 g/mol. The molecule has 1 atom stereocenters. The lowest BCUT2D eigenvalue weighted by molar-refractivity contribution is 0.242. The topological polar surface area (TPSA) is 26.0 Å². The van der Waals surface area contributed by atoms with Crippen LogP contribution in [0.1, 0.15) is 32.1 Å². The fourth-order valence-electron chi connectivity index (χ4n) is 1.34. The molecule has 0 aromatic heterocycles. The summed E-state index contributed by atoms with van der Waals surface area (Å²) in [5.41, 5.74) is 5.30. The summed E-state index contributed by atoms with van der Waals surface area (Å²) >= 11 is 0. The monoisotopic (exact) mass is 143 g/mol. The molecule has 2 aliphatic rings. The van der Waals surface area contributed by atoms with Crippen molar-refractivity contribution in [3.63, 3.8) is 0 Å². The predicted octanol–water partition coefficient (Wildman–Crippen LogP) is 1.62. The van der Waals surface area contributed by atoms with E-state index in [4.69, 9.17) is 5.73 Å². The lowest BCUT2D eigenvalue weighted by Crippen LogP contribution is -2.34. The highest BCUT2D eigenvalue weighted by atomic mass is 19.1. The van der Waals surface area contributed by atoms with Gasteiger partial charge in [0.15, 0.2) is 0 Å². The van der Waals surface area contributed by atoms with Gasteiger partial charge in [-0.25, -0.2) is 4.39 Å². The minimum atomic E-state index is -0.708. The van der Waals surface area contributed by atoms with Gasteiger partial charge in [0.1, 0.15) is 6.17 Å². The zero-order chi connectivity index (χ0) is 7.19. The number of halogens is 1. The highest BCUT2D eigenvalue weighted by Gasteiger charge is 2.47. The van der Waals surface area contributed by atoms with Gasteiger partial charge in [-0.05, 0) is 25.2 Å². The summed E-state index contributed by atoms with van der Waals surface area (Å²) in [6.45, 7) is 0. The fourth-order valence-corrected chi connectivity index (χ4v) is 1.34. The Hall–Kier alpha value is -0.110. The van der Waals surface area contributed by atoms with E-state index in [1.165, 1.54) is 12.8 Å². The second-order valence-electron chi connectivity index (χ2n) is 3.88. The van der Waals surface area contributed by atoms with Crippen molar-refractivity contribution in [2.24, 2.45) is 11.7 Å². The van der Waals surface area contributed by atoms with Gasteiger partial charge in [-0.1, -0.05) is 12.8 Å². The Morgan fingerprint density at radius 1 is 1.50 bits per heavy atom. The van der Waals surface area contributed by atoms with Crippen LogP contribution in [0, 0.1) is 5.92 Å². The largest absolute Gasteiger partial charge is 0.323 e. The summed E-state index contributed by atoms with van der Waals surface area (Å²) in [6.07, 6.45) is 4.30. The lowest BCUT2D eigenvalue weighted by Gasteiger charge is -2.13. The van der Waals surface area contributed by atoms with Crippen LogP contribution in [0.15, 0.2) is 0 Å². The molecule has 0 bridgehead atoms. The lowest BCUT2D eigenvalue weighted by atomic mass is 10.1. The van der Waals surface area contributed by atoms with E-state index in [0.717, 1.165) is 19.3 Å². The van der Waals surface area contributed by atoms with Crippen LogP contribution in [-0.2, 0) is 0 Å². The molecular weight excluding hydrogens is 129 g/mol. The second-order valence-corrected chi connectivity index (χ2v) is 3.88. The Morgan fingerprint density at radius 2 is 2.10 bits per heavy atom. The van der Waals surface area contributed by atoms with Crippen LogP contribution in [0.25, 0.3) is 0 Å². The van der Waals surface area contributed by atoms with E-state index in [-0.39, 0.29) is 5.54 Å². The van der Waals surface area contributed by atoms with Crippen LogP contribution >= 0.6 is 0 Å². The summed E-state index contributed by atoms with van der Waals surface area (Å²) in [6, 6.07) is 0. The first-order chi connectivity index (χ1) is 4.71. The van der Waals surface area contributed by atoms with Crippen LogP contribution < -0.4 is 5.73 Å². The maximum atomic E-state index is 13.1. The van der Waals surface area contributed by atoms with Crippen LogP contribution in [0.3, 0.4) is 0 Å². The number of hydrogen-bond donors (Lipinski definition) is 1. The normalized spacial score (nSPS) is 31.8. The quantitative estimate of drug-likeness (QED) is 0.638. The molecule has 0 aromatic carbocycles. The molecule has 2 aliphatic carbocycles. The Balaban J connectivity index is 1.80. The van der Waals surface area contributed by atoms with E-state index in [9.17, 15) is 4.39 Å². The molecule has 2 rings (SSSR count). The van der Waals surface area contributed by atoms with Gasteiger partial charge in [-0.2, -0.15) is 0 Å². The number of hydrogen-bond acceptors (Lipinski definition) is 1. The molecule has 58 valence electrons. The third kappa shape index (κ3) is 1.17. The number of rotatable bonds is 3. The van der Waals surface area contributed by atoms with Gasteiger partial charge >= 0.3 is 0 Å². The average Bonchev–Trinajstić information content (AvgIpc) is 2.67. The Morgan fingerprint density at radius 3 is 2.50 bits per heavy atom. The van der Waals surface area contributed by atoms with E-state index in [1.54, 1.807) is 0 Å². The van der Waals surface area contributed by atoms with E-state index < -0.39 is 6.17 Å². The molecule has 2 saturated carbocycles. The van der Waals surface area contributed by atoms with Gasteiger partial charge < -0.3 is 5.73 Å². The second kappa shape index (κ2) is 1.94. The Kier molecular flexibility index (Phi) is 1.28. The summed E-state index contributed by atoms with van der Waals surface area (Å²) < 4.78 is 13.1. The molecule has 0 spiro atoms. The first-order valence-electron chi connectivity index (χ1n) is 4.14. The van der Waals surface area contributed by atoms with Gasteiger partial charge in [0.2, 0.25) is 0 Å². The molecule has 0 radical (unpaired) electrons. The Labute approximate surface area is 60.8 Å². The third-order valence-electron chi connectivity index (χ3n) is 2.69. The van der Waals surface area contributed by atoms with Crippen molar-refractivity contribution in [2.75, 3.05) is 0 Å². The van der Waals surface area contributed by atoms with Crippen molar-refractivity contribution in [1.29, 1.82) is 0 Å². The van der Waals surface area contributed by atoms with E-state index >= 15 is 0 Å². The number of nitrogens with two attached hydrogens (primary N) is 1. The van der Waals surface area contributed by atoms with Crippen molar-refractivity contribution in [2.45, 2.75) is 43.8 Å². The zero-order valence-electron chi connectivity index (χ0n) is 6.15. The molecule has 10 heavy (non-hydrogen) atoms. The molecule has 1 nitrogen and oxygen atoms in total. The maximum absolute atomic E-state index is 13.1. The van der Waals surface area contributed by atoms with Gasteiger partial charge in [-0.15, -0.1) is 0 Å². The minimum absolute atomic E-state index is 0.386. The van der Waals surface area contributed by atoms with Crippen molar-refractivity contribution in [3.8, 4) is 0 Å². The van der Waals surface area contributed by atoms with Crippen LogP contribution in [-0.4, -0.2) is 11.7 Å². The van der Waals surface area contributed by atoms with E-state index in [2.05, 4.69) is 0 Å². The molecule has 2 heteroatoms. The van der Waals surface area contributed by atoms with Crippen molar-refractivity contribution >= 4 is 0 Å². The molecule has 0 aliphatic heterocycles. The van der Waals surface area contributed by atoms with Crippen molar-refractivity contribution in [1.82, 2.24) is 0 Å². The third-order valence-corrected chi connectivity index (χ3v) is 2.69. The zero-order valence-corrected chi connectivity index (χ0v) is 6.15. The standard InChI is InChI=1S/C8H14FN/c9-7(5-6-1-2-6)8(10)3-4-8/h6-7H,1-5,10H2. The van der Waals surface area contributed by atoms with Crippen LogP contribution in [0.5, 0.6) is 0 Å². The van der Waals surface area contributed by atoms with Gasteiger partial charge in [0.05, 0.1) is 0 Å². The van der Waals surface area contributed by atoms with Crippen molar-refractivity contribution in [3.05, 3.63) is 0 Å². The highest BCUT2D eigenvalue weighted by Crippen LogP contribution is 2.44. The molecule has 0 saturated heterocycles. The van der Waals surface area contributed by atoms with Crippen LogP contribution in [0.2, 0.25) is 0 Å². The number of alkyl halides is 1. The molecule has 2 fully saturated rings. The van der Waals surface area contributed by atoms with E-state index in [0.29, 0.717) is 5.92 Å². The predicted molar refractivity (Wildman–Crippen MR) is 38.4 cm³/mol. The molecule has 0 aromatic rings.